The summed E-state index contributed by atoms with van der Waals surface area (Å²) in [5.74, 6) is -2.10. The molecule has 2 aliphatic heterocycles. The van der Waals surface area contributed by atoms with E-state index in [9.17, 15) is 23.5 Å². The number of hydrogen-bond acceptors (Lipinski definition) is 5. The Morgan fingerprint density at radius 2 is 1.74 bits per heavy atom. The molecule has 1 aromatic heterocycles. The SMILES string of the molecule is CC(CC(=O)N1CCC(O)(Cn2cnc(N3CCC(F)(F)CC3)cc2=O)CC1)c1ccccc1. The molecular weight excluding hydrogens is 442 g/mol. The lowest BCUT2D eigenvalue weighted by Gasteiger charge is -2.38. The maximum atomic E-state index is 13.4. The van der Waals surface area contributed by atoms with Crippen molar-refractivity contribution in [2.45, 2.75) is 63.0 Å². The molecule has 4 rings (SSSR count). The van der Waals surface area contributed by atoms with Gasteiger partial charge >= 0.3 is 0 Å². The maximum absolute atomic E-state index is 13.4. The van der Waals surface area contributed by atoms with E-state index in [0.29, 0.717) is 38.2 Å². The fraction of sp³-hybridized carbons (Fsp3) is 0.560. The topological polar surface area (TPSA) is 78.7 Å². The standard InChI is InChI=1S/C25H32F2N4O3/c1-19(20-5-3-2-4-6-20)15-22(32)30-11-7-24(34,8-12-30)17-31-18-28-21(16-23(31)33)29-13-9-25(26,27)10-14-29/h2-6,16,18-19,34H,7-15,17H2,1H3. The first kappa shape index (κ1) is 24.3. The zero-order chi connectivity index (χ0) is 24.3. The first-order valence-electron chi connectivity index (χ1n) is 11.9. The Hall–Kier alpha value is -2.81. The number of hydrogen-bond donors (Lipinski definition) is 1. The van der Waals surface area contributed by atoms with E-state index in [4.69, 9.17) is 0 Å². The molecule has 1 aromatic carbocycles. The fourth-order valence-electron chi connectivity index (χ4n) is 4.71. The molecule has 1 amide bonds. The summed E-state index contributed by atoms with van der Waals surface area (Å²) in [7, 11) is 0. The van der Waals surface area contributed by atoms with Crippen molar-refractivity contribution in [2.75, 3.05) is 31.1 Å². The summed E-state index contributed by atoms with van der Waals surface area (Å²) >= 11 is 0. The first-order chi connectivity index (χ1) is 16.1. The molecule has 1 N–H and O–H groups in total. The molecule has 9 heteroatoms. The molecule has 34 heavy (non-hydrogen) atoms. The Morgan fingerprint density at radius 3 is 2.35 bits per heavy atom. The normalized spacial score (nSPS) is 20.7. The van der Waals surface area contributed by atoms with Crippen molar-refractivity contribution in [1.29, 1.82) is 0 Å². The number of rotatable bonds is 6. The molecule has 2 fully saturated rings. The molecule has 184 valence electrons. The quantitative estimate of drug-likeness (QED) is 0.696. The molecule has 3 heterocycles. The lowest BCUT2D eigenvalue weighted by Crippen LogP contribution is -2.49. The van der Waals surface area contributed by atoms with Gasteiger partial charge in [0.2, 0.25) is 5.91 Å². The summed E-state index contributed by atoms with van der Waals surface area (Å²) in [5, 5.41) is 11.1. The van der Waals surface area contributed by atoms with Crippen LogP contribution < -0.4 is 10.5 Å². The van der Waals surface area contributed by atoms with Gasteiger partial charge in [0.05, 0.1) is 18.5 Å². The zero-order valence-electron chi connectivity index (χ0n) is 19.5. The molecule has 0 aliphatic carbocycles. The van der Waals surface area contributed by atoms with Crippen molar-refractivity contribution in [2.24, 2.45) is 0 Å². The second-order valence-corrected chi connectivity index (χ2v) is 9.68. The smallest absolute Gasteiger partial charge is 0.255 e. The molecule has 1 unspecified atom stereocenters. The van der Waals surface area contributed by atoms with Gasteiger partial charge < -0.3 is 14.9 Å². The van der Waals surface area contributed by atoms with Crippen LogP contribution in [0.2, 0.25) is 0 Å². The van der Waals surface area contributed by atoms with Gasteiger partial charge in [-0.05, 0) is 24.3 Å². The predicted molar refractivity (Wildman–Crippen MR) is 125 cm³/mol. The van der Waals surface area contributed by atoms with Crippen molar-refractivity contribution in [3.63, 3.8) is 0 Å². The number of alkyl halides is 2. The summed E-state index contributed by atoms with van der Waals surface area (Å²) in [6, 6.07) is 11.3. The Kier molecular flexibility index (Phi) is 7.02. The molecule has 7 nitrogen and oxygen atoms in total. The van der Waals surface area contributed by atoms with Gasteiger partial charge in [0.25, 0.3) is 11.5 Å². The van der Waals surface area contributed by atoms with E-state index in [0.717, 1.165) is 5.56 Å². The number of benzene rings is 1. The van der Waals surface area contributed by atoms with E-state index in [1.165, 1.54) is 17.0 Å². The molecular formula is C25H32F2N4O3. The van der Waals surface area contributed by atoms with Crippen LogP contribution in [0.1, 0.15) is 50.5 Å². The molecule has 0 bridgehead atoms. The number of aromatic nitrogens is 2. The number of carbonyl (C=O) groups is 1. The Bertz CT molecular complexity index is 1040. The van der Waals surface area contributed by atoms with Crippen molar-refractivity contribution in [3.8, 4) is 0 Å². The van der Waals surface area contributed by atoms with Gasteiger partial charge in [0.1, 0.15) is 5.82 Å². The summed E-state index contributed by atoms with van der Waals surface area (Å²) in [5.41, 5.74) is -0.314. The van der Waals surface area contributed by atoms with Gasteiger partial charge in [-0.1, -0.05) is 37.3 Å². The molecule has 2 aliphatic rings. The van der Waals surface area contributed by atoms with Crippen LogP contribution in [0.5, 0.6) is 0 Å². The minimum atomic E-state index is -2.66. The number of amides is 1. The van der Waals surface area contributed by atoms with Gasteiger partial charge in [-0.25, -0.2) is 13.8 Å². The van der Waals surface area contributed by atoms with Crippen LogP contribution in [0.15, 0.2) is 47.5 Å². The summed E-state index contributed by atoms with van der Waals surface area (Å²) in [6.45, 7) is 3.28. The number of nitrogens with zero attached hydrogens (tertiary/aromatic N) is 4. The Labute approximate surface area is 198 Å². The van der Waals surface area contributed by atoms with E-state index >= 15 is 0 Å². The molecule has 2 aromatic rings. The van der Waals surface area contributed by atoms with Gasteiger partial charge in [0, 0.05) is 51.5 Å². The second-order valence-electron chi connectivity index (χ2n) is 9.68. The van der Waals surface area contributed by atoms with E-state index in [1.54, 1.807) is 9.80 Å². The molecule has 0 radical (unpaired) electrons. The minimum absolute atomic E-state index is 0.0636. The van der Waals surface area contributed by atoms with E-state index < -0.39 is 11.5 Å². The Morgan fingerprint density at radius 1 is 1.09 bits per heavy atom. The monoisotopic (exact) mass is 474 g/mol. The highest BCUT2D eigenvalue weighted by atomic mass is 19.3. The third-order valence-corrected chi connectivity index (χ3v) is 7.04. The average Bonchev–Trinajstić information content (AvgIpc) is 2.81. The van der Waals surface area contributed by atoms with Crippen LogP contribution in [-0.4, -0.2) is 63.2 Å². The highest BCUT2D eigenvalue weighted by Gasteiger charge is 2.36. The number of carbonyl (C=O) groups excluding carboxylic acids is 1. The molecule has 2 saturated heterocycles. The number of likely N-dealkylation sites (tertiary alicyclic amines) is 1. The van der Waals surface area contributed by atoms with Gasteiger partial charge in [-0.2, -0.15) is 0 Å². The highest BCUT2D eigenvalue weighted by Crippen LogP contribution is 2.30. The second kappa shape index (κ2) is 9.82. The average molecular weight is 475 g/mol. The number of aliphatic hydroxyl groups is 1. The van der Waals surface area contributed by atoms with Crippen molar-refractivity contribution in [1.82, 2.24) is 14.5 Å². The third kappa shape index (κ3) is 5.81. The molecule has 1 atom stereocenters. The largest absolute Gasteiger partial charge is 0.388 e. The number of anilines is 1. The van der Waals surface area contributed by atoms with Crippen molar-refractivity contribution >= 4 is 11.7 Å². The van der Waals surface area contributed by atoms with Crippen molar-refractivity contribution in [3.05, 3.63) is 58.6 Å². The maximum Gasteiger partial charge on any atom is 0.255 e. The predicted octanol–water partition coefficient (Wildman–Crippen LogP) is 3.03. The van der Waals surface area contributed by atoms with Crippen LogP contribution >= 0.6 is 0 Å². The van der Waals surface area contributed by atoms with Crippen LogP contribution in [0.25, 0.3) is 0 Å². The lowest BCUT2D eigenvalue weighted by molar-refractivity contribution is -0.136. The fourth-order valence-corrected chi connectivity index (χ4v) is 4.71. The van der Waals surface area contributed by atoms with Crippen LogP contribution in [0.4, 0.5) is 14.6 Å². The van der Waals surface area contributed by atoms with Crippen molar-refractivity contribution < 1.29 is 18.7 Å². The number of halogens is 2. The summed E-state index contributed by atoms with van der Waals surface area (Å²) in [6.07, 6.45) is 2.02. The molecule has 0 saturated carbocycles. The van der Waals surface area contributed by atoms with Crippen LogP contribution in [0, 0.1) is 0 Å². The minimum Gasteiger partial charge on any atom is -0.388 e. The lowest BCUT2D eigenvalue weighted by atomic mass is 9.90. The highest BCUT2D eigenvalue weighted by molar-refractivity contribution is 5.77. The van der Waals surface area contributed by atoms with Crippen LogP contribution in [0.3, 0.4) is 0 Å². The van der Waals surface area contributed by atoms with E-state index in [1.807, 2.05) is 37.3 Å². The summed E-state index contributed by atoms with van der Waals surface area (Å²) in [4.78, 5) is 33.1. The molecule has 0 spiro atoms. The van der Waals surface area contributed by atoms with E-state index in [2.05, 4.69) is 4.98 Å². The zero-order valence-corrected chi connectivity index (χ0v) is 19.5. The Balaban J connectivity index is 1.31. The van der Waals surface area contributed by atoms with Crippen LogP contribution in [-0.2, 0) is 11.3 Å². The first-order valence-corrected chi connectivity index (χ1v) is 11.9. The summed E-state index contributed by atoms with van der Waals surface area (Å²) < 4.78 is 28.1. The van der Waals surface area contributed by atoms with Gasteiger partial charge in [-0.15, -0.1) is 0 Å². The van der Waals surface area contributed by atoms with E-state index in [-0.39, 0.29) is 49.9 Å². The van der Waals surface area contributed by atoms with Gasteiger partial charge in [0.15, 0.2) is 0 Å². The van der Waals surface area contributed by atoms with Gasteiger partial charge in [-0.3, -0.25) is 14.2 Å². The number of piperidine rings is 2. The third-order valence-electron chi connectivity index (χ3n) is 7.04.